The third-order valence-corrected chi connectivity index (χ3v) is 8.47. The number of nitrogens with one attached hydrogen (secondary N) is 1. The largest absolute Gasteiger partial charge is 0.486 e. The first kappa shape index (κ1) is 28.7. The number of hydrogen-bond donors (Lipinski definition) is 1. The maximum absolute atomic E-state index is 12.9. The number of thiophene rings is 1. The normalized spacial score (nSPS) is 10.9. The molecule has 204 valence electrons. The highest BCUT2D eigenvalue weighted by molar-refractivity contribution is 7.99. The van der Waals surface area contributed by atoms with Gasteiger partial charge in [-0.05, 0) is 56.5 Å². The molecule has 0 aliphatic carbocycles. The minimum Gasteiger partial charge on any atom is -0.486 e. The van der Waals surface area contributed by atoms with Crippen molar-refractivity contribution in [2.75, 3.05) is 18.2 Å². The van der Waals surface area contributed by atoms with Crippen LogP contribution in [-0.4, -0.2) is 39.5 Å². The van der Waals surface area contributed by atoms with Crippen LogP contribution in [0.2, 0.25) is 5.02 Å². The van der Waals surface area contributed by atoms with Crippen LogP contribution in [0.4, 0.5) is 5.00 Å². The van der Waals surface area contributed by atoms with Gasteiger partial charge in [-0.3, -0.25) is 4.79 Å². The standard InChI is InChI=1S/C28H29ClN4O4S2/c1-6-33-22(13-37-20-11-17(3)25(29)18(4)12-20)31-32-28(33)39-15-23(34)30-26-24(27(35)36-5)21(14-38-26)19-9-7-16(2)8-10-19/h7-12,14H,6,13,15H2,1-5H3,(H,30,34). The zero-order chi connectivity index (χ0) is 28.1. The predicted octanol–water partition coefficient (Wildman–Crippen LogP) is 6.70. The van der Waals surface area contributed by atoms with E-state index in [1.54, 1.807) is 0 Å². The minimum absolute atomic E-state index is 0.0902. The Kier molecular flexibility index (Phi) is 9.32. The number of rotatable bonds is 10. The number of anilines is 1. The molecule has 0 aliphatic rings. The Labute approximate surface area is 240 Å². The Morgan fingerprint density at radius 3 is 2.44 bits per heavy atom. The van der Waals surface area contributed by atoms with Crippen LogP contribution in [0, 0.1) is 20.8 Å². The second-order valence-electron chi connectivity index (χ2n) is 8.85. The number of carbonyl (C=O) groups is 2. The van der Waals surface area contributed by atoms with Crippen LogP contribution in [0.15, 0.2) is 46.9 Å². The Morgan fingerprint density at radius 1 is 1.10 bits per heavy atom. The maximum Gasteiger partial charge on any atom is 0.341 e. The second-order valence-corrected chi connectivity index (χ2v) is 11.1. The number of carbonyl (C=O) groups excluding carboxylic acids is 2. The monoisotopic (exact) mass is 584 g/mol. The Hall–Kier alpha value is -3.34. The average molecular weight is 585 g/mol. The quantitative estimate of drug-likeness (QED) is 0.164. The van der Waals surface area contributed by atoms with Crippen molar-refractivity contribution in [3.8, 4) is 16.9 Å². The number of thioether (sulfide) groups is 1. The lowest BCUT2D eigenvalue weighted by atomic mass is 10.0. The number of hydrogen-bond acceptors (Lipinski definition) is 8. The average Bonchev–Trinajstić information content (AvgIpc) is 3.52. The van der Waals surface area contributed by atoms with Crippen molar-refractivity contribution in [2.24, 2.45) is 0 Å². The van der Waals surface area contributed by atoms with Crippen molar-refractivity contribution in [1.29, 1.82) is 0 Å². The van der Waals surface area contributed by atoms with E-state index in [9.17, 15) is 9.59 Å². The number of nitrogens with zero attached hydrogens (tertiary/aromatic N) is 3. The molecule has 2 aromatic heterocycles. The smallest absolute Gasteiger partial charge is 0.341 e. The predicted molar refractivity (Wildman–Crippen MR) is 156 cm³/mol. The van der Waals surface area contributed by atoms with Crippen LogP contribution in [0.5, 0.6) is 5.75 Å². The number of aromatic nitrogens is 3. The molecule has 4 aromatic rings. The van der Waals surface area contributed by atoms with Crippen molar-refractivity contribution in [1.82, 2.24) is 14.8 Å². The third-order valence-electron chi connectivity index (χ3n) is 6.02. The number of aryl methyl sites for hydroxylation is 3. The van der Waals surface area contributed by atoms with Crippen LogP contribution < -0.4 is 10.1 Å². The van der Waals surface area contributed by atoms with E-state index in [1.807, 2.05) is 74.0 Å². The van der Waals surface area contributed by atoms with Crippen molar-refractivity contribution < 1.29 is 19.1 Å². The number of methoxy groups -OCH3 is 1. The first-order valence-corrected chi connectivity index (χ1v) is 14.5. The number of halogens is 1. The minimum atomic E-state index is -0.503. The van der Waals surface area contributed by atoms with E-state index < -0.39 is 5.97 Å². The molecule has 2 heterocycles. The van der Waals surface area contributed by atoms with E-state index in [0.29, 0.717) is 33.8 Å². The molecule has 8 nitrogen and oxygen atoms in total. The molecule has 0 spiro atoms. The summed E-state index contributed by atoms with van der Waals surface area (Å²) in [4.78, 5) is 25.5. The first-order chi connectivity index (χ1) is 18.7. The third kappa shape index (κ3) is 6.63. The highest BCUT2D eigenvalue weighted by Crippen LogP contribution is 2.36. The number of amides is 1. The van der Waals surface area contributed by atoms with Gasteiger partial charge in [-0.2, -0.15) is 0 Å². The number of ether oxygens (including phenoxy) is 2. The van der Waals surface area contributed by atoms with Gasteiger partial charge in [0.2, 0.25) is 5.91 Å². The summed E-state index contributed by atoms with van der Waals surface area (Å²) in [6.45, 7) is 8.70. The highest BCUT2D eigenvalue weighted by atomic mass is 35.5. The zero-order valence-electron chi connectivity index (χ0n) is 22.3. The molecular weight excluding hydrogens is 556 g/mol. The van der Waals surface area contributed by atoms with Crippen LogP contribution >= 0.6 is 34.7 Å². The molecule has 1 amide bonds. The van der Waals surface area contributed by atoms with Gasteiger partial charge in [-0.15, -0.1) is 21.5 Å². The molecule has 0 aliphatic heterocycles. The molecule has 0 unspecified atom stereocenters. The summed E-state index contributed by atoms with van der Waals surface area (Å²) < 4.78 is 12.9. The summed E-state index contributed by atoms with van der Waals surface area (Å²) in [5.74, 6) is 0.678. The van der Waals surface area contributed by atoms with Crippen LogP contribution in [0.1, 0.15) is 39.8 Å². The highest BCUT2D eigenvalue weighted by Gasteiger charge is 2.23. The molecule has 0 atom stereocenters. The fourth-order valence-electron chi connectivity index (χ4n) is 3.98. The topological polar surface area (TPSA) is 95.3 Å². The van der Waals surface area contributed by atoms with Gasteiger partial charge >= 0.3 is 5.97 Å². The first-order valence-electron chi connectivity index (χ1n) is 12.2. The molecule has 2 aromatic carbocycles. The van der Waals surface area contributed by atoms with Gasteiger partial charge in [-0.1, -0.05) is 53.2 Å². The van der Waals surface area contributed by atoms with Crippen molar-refractivity contribution in [2.45, 2.75) is 46.0 Å². The molecule has 1 N–H and O–H groups in total. The van der Waals surface area contributed by atoms with E-state index in [2.05, 4.69) is 15.5 Å². The molecule has 0 saturated heterocycles. The van der Waals surface area contributed by atoms with E-state index in [4.69, 9.17) is 21.1 Å². The Morgan fingerprint density at radius 2 is 1.79 bits per heavy atom. The van der Waals surface area contributed by atoms with Crippen LogP contribution in [0.3, 0.4) is 0 Å². The summed E-state index contributed by atoms with van der Waals surface area (Å²) in [5, 5.41) is 15.0. The summed E-state index contributed by atoms with van der Waals surface area (Å²) >= 11 is 8.81. The van der Waals surface area contributed by atoms with Gasteiger partial charge in [0.05, 0.1) is 12.9 Å². The molecular formula is C28H29ClN4O4S2. The Bertz CT molecular complexity index is 1470. The molecule has 4 rings (SSSR count). The molecule has 0 radical (unpaired) electrons. The van der Waals surface area contributed by atoms with Gasteiger partial charge in [0, 0.05) is 22.5 Å². The fraction of sp³-hybridized carbons (Fsp3) is 0.286. The van der Waals surface area contributed by atoms with E-state index >= 15 is 0 Å². The number of esters is 1. The summed E-state index contributed by atoms with van der Waals surface area (Å²) in [7, 11) is 1.33. The molecule has 0 fully saturated rings. The van der Waals surface area contributed by atoms with E-state index in [0.717, 1.165) is 32.8 Å². The van der Waals surface area contributed by atoms with Gasteiger partial charge in [0.1, 0.15) is 22.9 Å². The van der Waals surface area contributed by atoms with Gasteiger partial charge in [0.15, 0.2) is 11.0 Å². The lowest BCUT2D eigenvalue weighted by Gasteiger charge is -2.11. The van der Waals surface area contributed by atoms with Crippen molar-refractivity contribution >= 4 is 51.6 Å². The summed E-state index contributed by atoms with van der Waals surface area (Å²) in [6, 6.07) is 11.6. The van der Waals surface area contributed by atoms with Crippen molar-refractivity contribution in [3.05, 3.63) is 74.9 Å². The maximum atomic E-state index is 12.9. The lowest BCUT2D eigenvalue weighted by Crippen LogP contribution is -2.16. The van der Waals surface area contributed by atoms with E-state index in [-0.39, 0.29) is 18.3 Å². The molecule has 0 saturated carbocycles. The second kappa shape index (κ2) is 12.7. The van der Waals surface area contributed by atoms with Gasteiger partial charge < -0.3 is 19.4 Å². The lowest BCUT2D eigenvalue weighted by molar-refractivity contribution is -0.113. The fourth-order valence-corrected chi connectivity index (χ4v) is 5.88. The summed E-state index contributed by atoms with van der Waals surface area (Å²) in [6.07, 6.45) is 0. The van der Waals surface area contributed by atoms with Crippen LogP contribution in [0.25, 0.3) is 11.1 Å². The zero-order valence-corrected chi connectivity index (χ0v) is 24.7. The van der Waals surface area contributed by atoms with Crippen molar-refractivity contribution in [3.63, 3.8) is 0 Å². The SMILES string of the molecule is CCn1c(COc2cc(C)c(Cl)c(C)c2)nnc1SCC(=O)Nc1scc(-c2ccc(C)cc2)c1C(=O)OC. The Balaban J connectivity index is 1.43. The van der Waals surface area contributed by atoms with Gasteiger partial charge in [0.25, 0.3) is 0 Å². The molecule has 11 heteroatoms. The molecule has 0 bridgehead atoms. The van der Waals surface area contributed by atoms with Gasteiger partial charge in [-0.25, -0.2) is 4.79 Å². The molecule has 39 heavy (non-hydrogen) atoms. The van der Waals surface area contributed by atoms with E-state index in [1.165, 1.54) is 30.2 Å². The number of benzene rings is 2. The van der Waals surface area contributed by atoms with Crippen LogP contribution in [-0.2, 0) is 22.7 Å². The summed E-state index contributed by atoms with van der Waals surface area (Å²) in [5.41, 5.74) is 4.94.